The Morgan fingerprint density at radius 2 is 1.90 bits per heavy atom. The minimum Gasteiger partial charge on any atom is -0.355 e. The van der Waals surface area contributed by atoms with E-state index in [0.717, 1.165) is 19.3 Å². The average molecular weight is 287 g/mol. The second kappa shape index (κ2) is 8.75. The number of benzene rings is 1. The van der Waals surface area contributed by atoms with Crippen LogP contribution in [0.1, 0.15) is 38.7 Å². The third-order valence-electron chi connectivity index (χ3n) is 3.09. The Kier molecular flexibility index (Phi) is 6.96. The highest BCUT2D eigenvalue weighted by atomic mass is 16.2. The van der Waals surface area contributed by atoms with Crippen molar-refractivity contribution in [2.24, 2.45) is 0 Å². The van der Waals surface area contributed by atoms with Gasteiger partial charge >= 0.3 is 0 Å². The summed E-state index contributed by atoms with van der Waals surface area (Å²) in [4.78, 5) is 25.0. The lowest BCUT2D eigenvalue weighted by Gasteiger charge is -2.20. The summed E-state index contributed by atoms with van der Waals surface area (Å²) in [6.07, 6.45) is 3.12. The van der Waals surface area contributed by atoms with Crippen molar-refractivity contribution >= 4 is 17.5 Å². The second-order valence-corrected chi connectivity index (χ2v) is 4.82. The molecular formula is C16H21N3O2. The molecule has 0 atom stereocenters. The van der Waals surface area contributed by atoms with Crippen molar-refractivity contribution in [2.45, 2.75) is 33.1 Å². The molecule has 0 aromatic heterocycles. The van der Waals surface area contributed by atoms with Crippen LogP contribution >= 0.6 is 0 Å². The van der Waals surface area contributed by atoms with E-state index in [9.17, 15) is 9.59 Å². The minimum atomic E-state index is -0.205. The summed E-state index contributed by atoms with van der Waals surface area (Å²) in [5.74, 6) is -0.380. The molecule has 0 aliphatic heterocycles. The average Bonchev–Trinajstić information content (AvgIpc) is 2.49. The highest BCUT2D eigenvalue weighted by Crippen LogP contribution is 2.15. The molecule has 0 saturated heterocycles. The van der Waals surface area contributed by atoms with Crippen LogP contribution in [-0.4, -0.2) is 24.9 Å². The predicted molar refractivity (Wildman–Crippen MR) is 81.7 cm³/mol. The van der Waals surface area contributed by atoms with Gasteiger partial charge in [0.1, 0.15) is 6.54 Å². The lowest BCUT2D eigenvalue weighted by Crippen LogP contribution is -2.40. The number of rotatable bonds is 7. The molecule has 0 radical (unpaired) electrons. The fraction of sp³-hybridized carbons (Fsp3) is 0.438. The number of nitrogens with one attached hydrogen (secondary N) is 1. The molecule has 5 nitrogen and oxygen atoms in total. The van der Waals surface area contributed by atoms with Crippen LogP contribution in [0.25, 0.3) is 0 Å². The van der Waals surface area contributed by atoms with Crippen molar-refractivity contribution in [3.05, 3.63) is 29.8 Å². The standard InChI is InChI=1S/C16H21N3O2/c1-3-4-5-10-18-16(21)12-19(13(2)20)15-8-6-14(11-17)7-9-15/h6-9H,3-5,10,12H2,1-2H3,(H,18,21). The molecule has 0 heterocycles. The number of nitriles is 1. The quantitative estimate of drug-likeness (QED) is 0.781. The fourth-order valence-corrected chi connectivity index (χ4v) is 1.90. The first-order valence-corrected chi connectivity index (χ1v) is 7.13. The van der Waals surface area contributed by atoms with Crippen LogP contribution in [0.3, 0.4) is 0 Å². The fourth-order valence-electron chi connectivity index (χ4n) is 1.90. The zero-order valence-electron chi connectivity index (χ0n) is 12.6. The summed E-state index contributed by atoms with van der Waals surface area (Å²) in [6.45, 7) is 4.14. The van der Waals surface area contributed by atoms with Gasteiger partial charge in [-0.1, -0.05) is 19.8 Å². The Morgan fingerprint density at radius 3 is 2.43 bits per heavy atom. The van der Waals surface area contributed by atoms with E-state index in [-0.39, 0.29) is 18.4 Å². The number of amides is 2. The number of hydrogen-bond donors (Lipinski definition) is 1. The van der Waals surface area contributed by atoms with E-state index in [2.05, 4.69) is 12.2 Å². The lowest BCUT2D eigenvalue weighted by atomic mass is 10.2. The van der Waals surface area contributed by atoms with Crippen LogP contribution in [0.2, 0.25) is 0 Å². The number of hydrogen-bond acceptors (Lipinski definition) is 3. The Morgan fingerprint density at radius 1 is 1.24 bits per heavy atom. The summed E-state index contributed by atoms with van der Waals surface area (Å²) in [6, 6.07) is 8.62. The van der Waals surface area contributed by atoms with E-state index in [0.29, 0.717) is 17.8 Å². The van der Waals surface area contributed by atoms with Crippen LogP contribution in [0.15, 0.2) is 24.3 Å². The van der Waals surface area contributed by atoms with Gasteiger partial charge in [0.15, 0.2) is 0 Å². The van der Waals surface area contributed by atoms with Crippen molar-refractivity contribution in [3.8, 4) is 6.07 Å². The summed E-state index contributed by atoms with van der Waals surface area (Å²) in [7, 11) is 0. The Bertz CT molecular complexity index is 517. The normalized spacial score (nSPS) is 9.76. The number of carbonyl (C=O) groups is 2. The van der Waals surface area contributed by atoms with Crippen molar-refractivity contribution in [1.29, 1.82) is 5.26 Å². The van der Waals surface area contributed by atoms with Crippen LogP contribution in [0, 0.1) is 11.3 Å². The number of anilines is 1. The summed E-state index contributed by atoms with van der Waals surface area (Å²) in [5.41, 5.74) is 1.14. The van der Waals surface area contributed by atoms with Gasteiger partial charge in [-0.3, -0.25) is 9.59 Å². The molecule has 5 heteroatoms. The minimum absolute atomic E-state index is 0.00659. The van der Waals surface area contributed by atoms with Gasteiger partial charge in [0.05, 0.1) is 11.6 Å². The number of nitrogens with zero attached hydrogens (tertiary/aromatic N) is 2. The van der Waals surface area contributed by atoms with Crippen molar-refractivity contribution in [2.75, 3.05) is 18.0 Å². The summed E-state index contributed by atoms with van der Waals surface area (Å²) < 4.78 is 0. The maximum Gasteiger partial charge on any atom is 0.240 e. The third kappa shape index (κ3) is 5.65. The molecule has 0 bridgehead atoms. The Labute approximate surface area is 125 Å². The van der Waals surface area contributed by atoms with Gasteiger partial charge in [0.25, 0.3) is 0 Å². The second-order valence-electron chi connectivity index (χ2n) is 4.82. The Hall–Kier alpha value is -2.35. The molecule has 0 aliphatic rings. The molecular weight excluding hydrogens is 266 g/mol. The van der Waals surface area contributed by atoms with E-state index in [1.165, 1.54) is 11.8 Å². The first kappa shape index (κ1) is 16.7. The molecule has 0 unspecified atom stereocenters. The molecule has 21 heavy (non-hydrogen) atoms. The first-order chi connectivity index (χ1) is 10.1. The maximum atomic E-state index is 11.9. The van der Waals surface area contributed by atoms with Crippen LogP contribution in [0.5, 0.6) is 0 Å². The Balaban J connectivity index is 2.63. The van der Waals surface area contributed by atoms with Gasteiger partial charge in [-0.2, -0.15) is 5.26 Å². The molecule has 1 aromatic carbocycles. The highest BCUT2D eigenvalue weighted by Gasteiger charge is 2.15. The highest BCUT2D eigenvalue weighted by molar-refractivity contribution is 5.97. The third-order valence-corrected chi connectivity index (χ3v) is 3.09. The zero-order valence-corrected chi connectivity index (χ0v) is 12.6. The van der Waals surface area contributed by atoms with Crippen LogP contribution < -0.4 is 10.2 Å². The monoisotopic (exact) mass is 287 g/mol. The predicted octanol–water partition coefficient (Wildman–Crippen LogP) is 2.22. The van der Waals surface area contributed by atoms with E-state index >= 15 is 0 Å². The van der Waals surface area contributed by atoms with E-state index < -0.39 is 0 Å². The van der Waals surface area contributed by atoms with Crippen molar-refractivity contribution < 1.29 is 9.59 Å². The molecule has 0 fully saturated rings. The molecule has 0 saturated carbocycles. The van der Waals surface area contributed by atoms with E-state index in [4.69, 9.17) is 5.26 Å². The lowest BCUT2D eigenvalue weighted by molar-refractivity contribution is -0.123. The van der Waals surface area contributed by atoms with Gasteiger partial charge in [-0.25, -0.2) is 0 Å². The number of carbonyl (C=O) groups excluding carboxylic acids is 2. The molecule has 0 aliphatic carbocycles. The zero-order chi connectivity index (χ0) is 15.7. The maximum absolute atomic E-state index is 11.9. The van der Waals surface area contributed by atoms with E-state index in [1.807, 2.05) is 6.07 Å². The van der Waals surface area contributed by atoms with Crippen LogP contribution in [0.4, 0.5) is 5.69 Å². The SMILES string of the molecule is CCCCCNC(=O)CN(C(C)=O)c1ccc(C#N)cc1. The van der Waals surface area contributed by atoms with Gasteiger partial charge in [0, 0.05) is 19.2 Å². The summed E-state index contributed by atoms with van der Waals surface area (Å²) in [5, 5.41) is 11.6. The smallest absolute Gasteiger partial charge is 0.240 e. The van der Waals surface area contributed by atoms with Gasteiger partial charge in [0.2, 0.25) is 11.8 Å². The van der Waals surface area contributed by atoms with Crippen molar-refractivity contribution in [3.63, 3.8) is 0 Å². The largest absolute Gasteiger partial charge is 0.355 e. The molecule has 0 spiro atoms. The molecule has 1 aromatic rings. The molecule has 1 N–H and O–H groups in total. The van der Waals surface area contributed by atoms with Gasteiger partial charge < -0.3 is 10.2 Å². The van der Waals surface area contributed by atoms with Crippen molar-refractivity contribution in [1.82, 2.24) is 5.32 Å². The topological polar surface area (TPSA) is 73.2 Å². The van der Waals surface area contributed by atoms with E-state index in [1.54, 1.807) is 24.3 Å². The number of unbranched alkanes of at least 4 members (excludes halogenated alkanes) is 2. The van der Waals surface area contributed by atoms with Crippen LogP contribution in [-0.2, 0) is 9.59 Å². The summed E-state index contributed by atoms with van der Waals surface area (Å²) >= 11 is 0. The van der Waals surface area contributed by atoms with Gasteiger partial charge in [-0.05, 0) is 30.7 Å². The van der Waals surface area contributed by atoms with Gasteiger partial charge in [-0.15, -0.1) is 0 Å². The molecule has 112 valence electrons. The first-order valence-electron chi connectivity index (χ1n) is 7.13. The molecule has 2 amide bonds. The molecule has 1 rings (SSSR count).